The highest BCUT2D eigenvalue weighted by Gasteiger charge is 2.19. The lowest BCUT2D eigenvalue weighted by Gasteiger charge is -2.28. The number of aliphatic hydroxyl groups excluding tert-OH is 1. The van der Waals surface area contributed by atoms with E-state index in [1.807, 2.05) is 6.92 Å². The summed E-state index contributed by atoms with van der Waals surface area (Å²) in [5.41, 5.74) is 10.4. The first-order chi connectivity index (χ1) is 15.4. The van der Waals surface area contributed by atoms with Crippen molar-refractivity contribution >= 4 is 11.4 Å². The first-order valence-electron chi connectivity index (χ1n) is 10.8. The summed E-state index contributed by atoms with van der Waals surface area (Å²) < 4.78 is 14.0. The summed E-state index contributed by atoms with van der Waals surface area (Å²) >= 11 is 0. The van der Waals surface area contributed by atoms with Crippen molar-refractivity contribution in [1.29, 1.82) is 5.41 Å². The maximum absolute atomic E-state index is 14.0. The predicted octanol–water partition coefficient (Wildman–Crippen LogP) is 3.44. The van der Waals surface area contributed by atoms with E-state index in [0.717, 1.165) is 42.8 Å². The number of nitrogens with two attached hydrogens (primary N) is 1. The number of aryl methyl sites for hydroxylation is 1. The number of phenolic OH excluding ortho intramolecular Hbond substituents is 1. The Kier molecular flexibility index (Phi) is 6.25. The lowest BCUT2D eigenvalue weighted by atomic mass is 9.95. The number of H-pyrrole nitrogens is 1. The minimum absolute atomic E-state index is 0.182. The summed E-state index contributed by atoms with van der Waals surface area (Å²) in [4.78, 5) is 9.85. The van der Waals surface area contributed by atoms with Gasteiger partial charge in [0.25, 0.3) is 0 Å². The molecule has 0 aliphatic carbocycles. The number of rotatable bonds is 6. The zero-order valence-corrected chi connectivity index (χ0v) is 18.0. The third-order valence-corrected chi connectivity index (χ3v) is 6.00. The van der Waals surface area contributed by atoms with E-state index in [1.54, 1.807) is 24.4 Å². The maximum Gasteiger partial charge on any atom is 0.165 e. The fourth-order valence-corrected chi connectivity index (χ4v) is 4.13. The van der Waals surface area contributed by atoms with Crippen molar-refractivity contribution in [1.82, 2.24) is 14.9 Å². The molecule has 4 rings (SSSR count). The maximum atomic E-state index is 14.0. The zero-order chi connectivity index (χ0) is 22.8. The second-order valence-corrected chi connectivity index (χ2v) is 8.24. The van der Waals surface area contributed by atoms with Crippen molar-refractivity contribution in [3.63, 3.8) is 0 Å². The van der Waals surface area contributed by atoms with E-state index in [1.165, 1.54) is 12.1 Å². The normalized spacial score (nSPS) is 15.2. The molecule has 32 heavy (non-hydrogen) atoms. The van der Waals surface area contributed by atoms with Crippen molar-refractivity contribution in [2.45, 2.75) is 38.8 Å². The standard InChI is InChI=1S/C24H28FN5O2/c1-2-14-10-22(32)20(25)11-19(14)15-3-4-18(21(26)9-15)23(27)24-28-12-16(29-24)13-30-7-5-17(31)6-8-30/h3-4,9-12,17,27,31-32H,2,5-8,13,26H2,1H3,(H,28,29). The number of hydrogen-bond acceptors (Lipinski definition) is 6. The predicted molar refractivity (Wildman–Crippen MR) is 122 cm³/mol. The molecular weight excluding hydrogens is 409 g/mol. The molecule has 0 unspecified atom stereocenters. The fourth-order valence-electron chi connectivity index (χ4n) is 4.13. The van der Waals surface area contributed by atoms with Crippen molar-refractivity contribution in [3.05, 3.63) is 65.0 Å². The molecule has 168 valence electrons. The number of nitrogen functional groups attached to an aromatic ring is 1. The molecular formula is C24H28FN5O2. The number of halogens is 1. The molecule has 6 N–H and O–H groups in total. The van der Waals surface area contributed by atoms with Crippen LogP contribution in [-0.2, 0) is 13.0 Å². The van der Waals surface area contributed by atoms with E-state index in [0.29, 0.717) is 35.6 Å². The average molecular weight is 438 g/mol. The van der Waals surface area contributed by atoms with Gasteiger partial charge in [0.2, 0.25) is 0 Å². The fraction of sp³-hybridized carbons (Fsp3) is 0.333. The first kappa shape index (κ1) is 22.0. The molecule has 1 fully saturated rings. The van der Waals surface area contributed by atoms with E-state index in [9.17, 15) is 14.6 Å². The molecule has 2 heterocycles. The lowest BCUT2D eigenvalue weighted by molar-refractivity contribution is 0.0787. The molecule has 1 aromatic heterocycles. The average Bonchev–Trinajstić information content (AvgIpc) is 3.25. The second kappa shape index (κ2) is 9.10. The number of hydrogen-bond donors (Lipinski definition) is 5. The van der Waals surface area contributed by atoms with Crippen LogP contribution in [0, 0.1) is 11.2 Å². The highest BCUT2D eigenvalue weighted by Crippen LogP contribution is 2.32. The molecule has 3 aromatic rings. The van der Waals surface area contributed by atoms with Crippen molar-refractivity contribution in [2.75, 3.05) is 18.8 Å². The van der Waals surface area contributed by atoms with E-state index in [2.05, 4.69) is 14.9 Å². The largest absolute Gasteiger partial charge is 0.505 e. The van der Waals surface area contributed by atoms with E-state index in [4.69, 9.17) is 11.1 Å². The Balaban J connectivity index is 1.53. The number of aromatic amines is 1. The van der Waals surface area contributed by atoms with Crippen LogP contribution in [0.15, 0.2) is 36.5 Å². The van der Waals surface area contributed by atoms with E-state index < -0.39 is 5.82 Å². The Morgan fingerprint density at radius 3 is 2.72 bits per heavy atom. The Hall–Kier alpha value is -3.23. The van der Waals surface area contributed by atoms with Crippen LogP contribution in [0.5, 0.6) is 5.75 Å². The zero-order valence-electron chi connectivity index (χ0n) is 18.0. The summed E-state index contributed by atoms with van der Waals surface area (Å²) in [7, 11) is 0. The summed E-state index contributed by atoms with van der Waals surface area (Å²) in [6, 6.07) is 8.01. The Morgan fingerprint density at radius 1 is 1.28 bits per heavy atom. The van der Waals surface area contributed by atoms with Crippen molar-refractivity contribution < 1.29 is 14.6 Å². The number of aromatic nitrogens is 2. The van der Waals surface area contributed by atoms with Crippen molar-refractivity contribution in [3.8, 4) is 16.9 Å². The minimum Gasteiger partial charge on any atom is -0.505 e. The highest BCUT2D eigenvalue weighted by atomic mass is 19.1. The number of imidazole rings is 1. The molecule has 0 spiro atoms. The second-order valence-electron chi connectivity index (χ2n) is 8.24. The minimum atomic E-state index is -0.682. The van der Waals surface area contributed by atoms with Gasteiger partial charge in [0.15, 0.2) is 17.4 Å². The Bertz CT molecular complexity index is 1140. The summed E-state index contributed by atoms with van der Waals surface area (Å²) in [6.07, 6.45) is 3.74. The van der Waals surface area contributed by atoms with Gasteiger partial charge in [0.05, 0.1) is 11.8 Å². The van der Waals surface area contributed by atoms with Gasteiger partial charge in [0, 0.05) is 37.1 Å². The highest BCUT2D eigenvalue weighted by molar-refractivity contribution is 6.12. The molecule has 7 nitrogen and oxygen atoms in total. The van der Waals surface area contributed by atoms with Crippen LogP contribution in [0.25, 0.3) is 11.1 Å². The SMILES string of the molecule is CCc1cc(O)c(F)cc1-c1ccc(C(=N)c2nc(CN3CCC(O)CC3)c[nH]2)c(N)c1. The number of phenols is 1. The summed E-state index contributed by atoms with van der Waals surface area (Å²) in [6.45, 7) is 4.25. The van der Waals surface area contributed by atoms with Gasteiger partial charge in [-0.25, -0.2) is 9.37 Å². The number of piperidine rings is 1. The topological polar surface area (TPSA) is 122 Å². The number of nitrogens with zero attached hydrogens (tertiary/aromatic N) is 2. The number of aromatic hydroxyl groups is 1. The first-order valence-corrected chi connectivity index (χ1v) is 10.8. The van der Waals surface area contributed by atoms with Gasteiger partial charge in [-0.15, -0.1) is 0 Å². The van der Waals surface area contributed by atoms with Gasteiger partial charge in [0.1, 0.15) is 5.71 Å². The summed E-state index contributed by atoms with van der Waals surface area (Å²) in [5, 5.41) is 27.9. The van der Waals surface area contributed by atoms with Crippen LogP contribution in [0.2, 0.25) is 0 Å². The molecule has 2 aromatic carbocycles. The molecule has 0 saturated carbocycles. The smallest absolute Gasteiger partial charge is 0.165 e. The van der Waals surface area contributed by atoms with Crippen LogP contribution in [0.1, 0.15) is 42.4 Å². The molecule has 1 aliphatic rings. The molecule has 0 atom stereocenters. The summed E-state index contributed by atoms with van der Waals surface area (Å²) in [5.74, 6) is -0.619. The number of nitrogens with one attached hydrogen (secondary N) is 2. The van der Waals surface area contributed by atoms with Crippen LogP contribution in [0.4, 0.5) is 10.1 Å². The van der Waals surface area contributed by atoms with Gasteiger partial charge in [-0.2, -0.15) is 0 Å². The van der Waals surface area contributed by atoms with Crippen molar-refractivity contribution in [2.24, 2.45) is 0 Å². The van der Waals surface area contributed by atoms with Gasteiger partial charge in [-0.1, -0.05) is 19.1 Å². The molecule has 1 saturated heterocycles. The number of anilines is 1. The molecule has 0 radical (unpaired) electrons. The van der Waals surface area contributed by atoms with Crippen LogP contribution in [-0.4, -0.2) is 50.0 Å². The molecule has 0 amide bonds. The Labute approximate surface area is 186 Å². The Morgan fingerprint density at radius 2 is 2.03 bits per heavy atom. The molecule has 1 aliphatic heterocycles. The number of benzene rings is 2. The molecule has 0 bridgehead atoms. The number of likely N-dealkylation sites (tertiary alicyclic amines) is 1. The third-order valence-electron chi connectivity index (χ3n) is 6.00. The van der Waals surface area contributed by atoms with E-state index in [-0.39, 0.29) is 17.6 Å². The number of aliphatic hydroxyl groups is 1. The van der Waals surface area contributed by atoms with Gasteiger partial charge in [-0.05, 0) is 54.2 Å². The lowest BCUT2D eigenvalue weighted by Crippen LogP contribution is -2.35. The molecule has 8 heteroatoms. The van der Waals surface area contributed by atoms with Crippen LogP contribution >= 0.6 is 0 Å². The van der Waals surface area contributed by atoms with Gasteiger partial charge >= 0.3 is 0 Å². The monoisotopic (exact) mass is 437 g/mol. The third kappa shape index (κ3) is 4.51. The van der Waals surface area contributed by atoms with E-state index >= 15 is 0 Å². The van der Waals surface area contributed by atoms with Gasteiger partial charge < -0.3 is 20.9 Å². The quantitative estimate of drug-likeness (QED) is 0.299. The van der Waals surface area contributed by atoms with Gasteiger partial charge in [-0.3, -0.25) is 10.3 Å². The van der Waals surface area contributed by atoms with Crippen LogP contribution in [0.3, 0.4) is 0 Å². The van der Waals surface area contributed by atoms with Crippen LogP contribution < -0.4 is 5.73 Å².